The number of nitrogen functional groups attached to an aromatic ring is 1. The summed E-state index contributed by atoms with van der Waals surface area (Å²) in [7, 11) is 3.34. The molecule has 2 aliphatic heterocycles. The molecule has 3 aromatic carbocycles. The van der Waals surface area contributed by atoms with Crippen molar-refractivity contribution in [2.75, 3.05) is 33.0 Å². The molecule has 2 aliphatic rings. The van der Waals surface area contributed by atoms with Crippen LogP contribution in [0.5, 0.6) is 11.5 Å². The first-order valence-corrected chi connectivity index (χ1v) is 12.4. The number of aliphatic hydroxyl groups is 1. The number of hydrogen-bond acceptors (Lipinski definition) is 7. The zero-order valence-electron chi connectivity index (χ0n) is 20.9. The highest BCUT2D eigenvalue weighted by Gasteiger charge is 2.34. The third kappa shape index (κ3) is 5.34. The van der Waals surface area contributed by atoms with Crippen LogP contribution in [0, 0.1) is 0 Å². The quantitative estimate of drug-likeness (QED) is 0.475. The lowest BCUT2D eigenvalue weighted by Crippen LogP contribution is -2.41. The molecule has 0 spiro atoms. The number of nitrogens with two attached hydrogens (primary N) is 1. The van der Waals surface area contributed by atoms with E-state index in [9.17, 15) is 5.11 Å². The smallest absolute Gasteiger partial charge is 0.185 e. The van der Waals surface area contributed by atoms with Crippen molar-refractivity contribution in [1.29, 1.82) is 0 Å². The van der Waals surface area contributed by atoms with Crippen molar-refractivity contribution in [3.8, 4) is 11.5 Å². The molecule has 0 radical (unpaired) electrons. The lowest BCUT2D eigenvalue weighted by atomic mass is 9.97. The van der Waals surface area contributed by atoms with Crippen molar-refractivity contribution in [2.45, 2.75) is 44.5 Å². The van der Waals surface area contributed by atoms with Crippen LogP contribution in [0.4, 0.5) is 5.69 Å². The number of methoxy groups -OCH3 is 2. The number of anilines is 1. The summed E-state index contributed by atoms with van der Waals surface area (Å²) in [6.45, 7) is 2.59. The second-order valence-corrected chi connectivity index (χ2v) is 9.48. The molecule has 7 nitrogen and oxygen atoms in total. The summed E-state index contributed by atoms with van der Waals surface area (Å²) in [5.41, 5.74) is 12.2. The summed E-state index contributed by atoms with van der Waals surface area (Å²) in [4.78, 5) is 2.44. The Morgan fingerprint density at radius 3 is 2.39 bits per heavy atom. The molecule has 0 bridgehead atoms. The van der Waals surface area contributed by atoms with Crippen LogP contribution in [0.25, 0.3) is 0 Å². The van der Waals surface area contributed by atoms with Crippen LogP contribution in [-0.4, -0.2) is 43.4 Å². The molecular weight excluding hydrogens is 456 g/mol. The van der Waals surface area contributed by atoms with Gasteiger partial charge in [-0.1, -0.05) is 36.4 Å². The van der Waals surface area contributed by atoms with Gasteiger partial charge in [0, 0.05) is 37.3 Å². The molecule has 3 aromatic rings. The van der Waals surface area contributed by atoms with Crippen molar-refractivity contribution in [1.82, 2.24) is 4.90 Å². The van der Waals surface area contributed by atoms with E-state index in [1.807, 2.05) is 48.5 Å². The first kappa shape index (κ1) is 24.6. The molecule has 2 heterocycles. The number of nitrogens with zero attached hydrogens (tertiary/aromatic N) is 1. The maximum Gasteiger partial charge on any atom is 0.185 e. The minimum atomic E-state index is -0.504. The SMILES string of the molecule is COc1cc2c(cc1OC)CN(C[C@@H]1C[C@H](c3ccc(CO)cc3)O[C@H](c3cccc(N)c3)O1)CC2. The van der Waals surface area contributed by atoms with E-state index in [0.717, 1.165) is 60.7 Å². The molecule has 7 heteroatoms. The fourth-order valence-electron chi connectivity index (χ4n) is 5.12. The average Bonchev–Trinajstić information content (AvgIpc) is 2.92. The predicted octanol–water partition coefficient (Wildman–Crippen LogP) is 4.38. The Morgan fingerprint density at radius 2 is 1.69 bits per heavy atom. The van der Waals surface area contributed by atoms with E-state index in [-0.39, 0.29) is 18.8 Å². The highest BCUT2D eigenvalue weighted by molar-refractivity contribution is 5.48. The lowest BCUT2D eigenvalue weighted by molar-refractivity contribution is -0.253. The molecule has 36 heavy (non-hydrogen) atoms. The standard InChI is InChI=1S/C29H34N2O5/c1-33-27-13-21-10-11-31(16-23(21)14-28(27)34-2)17-25-15-26(20-8-6-19(18-32)7-9-20)36-29(35-25)22-4-3-5-24(30)12-22/h3-9,12-14,25-26,29,32H,10-11,15-18,30H2,1-2H3/t25-,26+,29+/m0/s1. The second-order valence-electron chi connectivity index (χ2n) is 9.48. The number of ether oxygens (including phenoxy) is 4. The summed E-state index contributed by atoms with van der Waals surface area (Å²) in [6.07, 6.45) is 1.05. The van der Waals surface area contributed by atoms with Crippen molar-refractivity contribution in [3.05, 3.63) is 88.5 Å². The van der Waals surface area contributed by atoms with Crippen LogP contribution in [0.2, 0.25) is 0 Å². The van der Waals surface area contributed by atoms with Crippen LogP contribution >= 0.6 is 0 Å². The van der Waals surface area contributed by atoms with Gasteiger partial charge in [-0.3, -0.25) is 4.90 Å². The first-order valence-electron chi connectivity index (χ1n) is 12.4. The third-order valence-corrected chi connectivity index (χ3v) is 7.06. The van der Waals surface area contributed by atoms with Crippen LogP contribution in [0.15, 0.2) is 60.7 Å². The minimum Gasteiger partial charge on any atom is -0.493 e. The molecule has 190 valence electrons. The summed E-state index contributed by atoms with van der Waals surface area (Å²) in [6, 6.07) is 19.8. The lowest BCUT2D eigenvalue weighted by Gasteiger charge is -2.39. The Bertz CT molecular complexity index is 1180. The molecule has 3 atom stereocenters. The Balaban J connectivity index is 1.35. The predicted molar refractivity (Wildman–Crippen MR) is 138 cm³/mol. The van der Waals surface area contributed by atoms with Gasteiger partial charge in [-0.25, -0.2) is 0 Å². The highest BCUT2D eigenvalue weighted by atomic mass is 16.7. The molecule has 0 unspecified atom stereocenters. The van der Waals surface area contributed by atoms with Gasteiger partial charge in [0.2, 0.25) is 0 Å². The Morgan fingerprint density at radius 1 is 0.944 bits per heavy atom. The van der Waals surface area contributed by atoms with E-state index in [1.165, 1.54) is 11.1 Å². The molecule has 1 saturated heterocycles. The van der Waals surface area contributed by atoms with E-state index in [0.29, 0.717) is 5.69 Å². The summed E-state index contributed by atoms with van der Waals surface area (Å²) >= 11 is 0. The average molecular weight is 491 g/mol. The first-order chi connectivity index (χ1) is 17.6. The van der Waals surface area contributed by atoms with Gasteiger partial charge in [0.05, 0.1) is 33.0 Å². The van der Waals surface area contributed by atoms with Gasteiger partial charge in [0.15, 0.2) is 17.8 Å². The van der Waals surface area contributed by atoms with Gasteiger partial charge >= 0.3 is 0 Å². The van der Waals surface area contributed by atoms with E-state index in [4.69, 9.17) is 24.7 Å². The van der Waals surface area contributed by atoms with Gasteiger partial charge in [-0.2, -0.15) is 0 Å². The second kappa shape index (κ2) is 10.9. The molecule has 5 rings (SSSR count). The van der Waals surface area contributed by atoms with Gasteiger partial charge in [-0.05, 0) is 52.9 Å². The fraction of sp³-hybridized carbons (Fsp3) is 0.379. The van der Waals surface area contributed by atoms with Crippen LogP contribution in [0.1, 0.15) is 46.6 Å². The van der Waals surface area contributed by atoms with Crippen molar-refractivity contribution in [3.63, 3.8) is 0 Å². The molecule has 0 aliphatic carbocycles. The van der Waals surface area contributed by atoms with E-state index >= 15 is 0 Å². The van der Waals surface area contributed by atoms with Crippen molar-refractivity contribution >= 4 is 5.69 Å². The maximum atomic E-state index is 9.43. The third-order valence-electron chi connectivity index (χ3n) is 7.06. The molecule has 1 fully saturated rings. The van der Waals surface area contributed by atoms with Gasteiger partial charge < -0.3 is 29.8 Å². The zero-order chi connectivity index (χ0) is 25.1. The van der Waals surface area contributed by atoms with Crippen LogP contribution in [-0.2, 0) is 29.0 Å². The fourth-order valence-corrected chi connectivity index (χ4v) is 5.12. The van der Waals surface area contributed by atoms with Gasteiger partial charge in [0.1, 0.15) is 0 Å². The summed E-state index contributed by atoms with van der Waals surface area (Å²) in [5, 5.41) is 9.43. The number of hydrogen-bond donors (Lipinski definition) is 2. The number of benzene rings is 3. The topological polar surface area (TPSA) is 86.4 Å². The normalized spacial score (nSPS) is 22.1. The Kier molecular flexibility index (Phi) is 7.43. The van der Waals surface area contributed by atoms with Crippen molar-refractivity contribution < 1.29 is 24.1 Å². The van der Waals surface area contributed by atoms with E-state index in [1.54, 1.807) is 14.2 Å². The molecule has 3 N–H and O–H groups in total. The van der Waals surface area contributed by atoms with E-state index < -0.39 is 6.29 Å². The summed E-state index contributed by atoms with van der Waals surface area (Å²) in [5.74, 6) is 1.53. The van der Waals surface area contributed by atoms with E-state index in [2.05, 4.69) is 17.0 Å². The van der Waals surface area contributed by atoms with Gasteiger partial charge in [0.25, 0.3) is 0 Å². The van der Waals surface area contributed by atoms with Gasteiger partial charge in [-0.15, -0.1) is 0 Å². The largest absolute Gasteiger partial charge is 0.493 e. The van der Waals surface area contributed by atoms with Crippen molar-refractivity contribution in [2.24, 2.45) is 0 Å². The Labute approximate surface area is 212 Å². The monoisotopic (exact) mass is 490 g/mol. The van der Waals surface area contributed by atoms with Crippen LogP contribution < -0.4 is 15.2 Å². The number of rotatable bonds is 7. The molecule has 0 aromatic heterocycles. The number of fused-ring (bicyclic) bond motifs is 1. The minimum absolute atomic E-state index is 0.0191. The molecule has 0 saturated carbocycles. The molecular formula is C29H34N2O5. The molecule has 0 amide bonds. The zero-order valence-corrected chi connectivity index (χ0v) is 20.9. The Hall–Kier alpha value is -3.10. The van der Waals surface area contributed by atoms with Crippen LogP contribution in [0.3, 0.4) is 0 Å². The maximum absolute atomic E-state index is 9.43. The highest BCUT2D eigenvalue weighted by Crippen LogP contribution is 2.39. The summed E-state index contributed by atoms with van der Waals surface area (Å²) < 4.78 is 23.9. The number of aliphatic hydroxyl groups excluding tert-OH is 1.